The van der Waals surface area contributed by atoms with E-state index in [0.717, 1.165) is 35.1 Å². The van der Waals surface area contributed by atoms with Gasteiger partial charge in [-0.1, -0.05) is 12.8 Å². The highest BCUT2D eigenvalue weighted by molar-refractivity contribution is 7.13. The van der Waals surface area contributed by atoms with Gasteiger partial charge in [0.2, 0.25) is 5.91 Å². The van der Waals surface area contributed by atoms with Crippen LogP contribution in [-0.2, 0) is 11.2 Å². The van der Waals surface area contributed by atoms with E-state index in [2.05, 4.69) is 10.3 Å². The minimum atomic E-state index is -0.432. The molecular formula is C17H22N2O3S. The number of nitrogens with one attached hydrogen (secondary N) is 1. The van der Waals surface area contributed by atoms with E-state index >= 15 is 0 Å². The SMILES string of the molecule is Cc1ccc(-c2nc(CC(=O)NCC(O)C3CCCC3)cs2)o1. The molecule has 2 N–H and O–H groups in total. The van der Waals surface area contributed by atoms with E-state index < -0.39 is 6.10 Å². The third-order valence-electron chi connectivity index (χ3n) is 4.30. The Morgan fingerprint density at radius 2 is 2.26 bits per heavy atom. The van der Waals surface area contributed by atoms with Crippen LogP contribution in [0.4, 0.5) is 0 Å². The molecule has 1 unspecified atom stereocenters. The van der Waals surface area contributed by atoms with Crippen LogP contribution in [0.3, 0.4) is 0 Å². The monoisotopic (exact) mass is 334 g/mol. The number of thiazole rings is 1. The first-order valence-electron chi connectivity index (χ1n) is 8.08. The van der Waals surface area contributed by atoms with E-state index in [1.54, 1.807) is 0 Å². The number of aliphatic hydroxyl groups excluding tert-OH is 1. The van der Waals surface area contributed by atoms with Gasteiger partial charge in [0, 0.05) is 11.9 Å². The van der Waals surface area contributed by atoms with E-state index in [9.17, 15) is 9.90 Å². The van der Waals surface area contributed by atoms with Crippen molar-refractivity contribution >= 4 is 17.2 Å². The Morgan fingerprint density at radius 1 is 1.48 bits per heavy atom. The van der Waals surface area contributed by atoms with Crippen molar-refractivity contribution in [2.24, 2.45) is 5.92 Å². The van der Waals surface area contributed by atoms with E-state index in [4.69, 9.17) is 4.42 Å². The van der Waals surface area contributed by atoms with Crippen LogP contribution in [0.25, 0.3) is 10.8 Å². The van der Waals surface area contributed by atoms with Gasteiger partial charge >= 0.3 is 0 Å². The van der Waals surface area contributed by atoms with Gasteiger partial charge in [-0.15, -0.1) is 11.3 Å². The average molecular weight is 334 g/mol. The predicted molar refractivity (Wildman–Crippen MR) is 89.2 cm³/mol. The summed E-state index contributed by atoms with van der Waals surface area (Å²) in [5.41, 5.74) is 0.729. The molecule has 1 amide bonds. The summed E-state index contributed by atoms with van der Waals surface area (Å²) < 4.78 is 5.54. The molecule has 0 spiro atoms. The molecule has 0 radical (unpaired) electrons. The zero-order chi connectivity index (χ0) is 16.2. The van der Waals surface area contributed by atoms with Crippen LogP contribution in [0.15, 0.2) is 21.9 Å². The van der Waals surface area contributed by atoms with Crippen LogP contribution in [0.1, 0.15) is 37.1 Å². The molecule has 1 atom stereocenters. The molecule has 2 aromatic heterocycles. The van der Waals surface area contributed by atoms with E-state index in [1.807, 2.05) is 24.4 Å². The molecule has 1 saturated carbocycles. The highest BCUT2D eigenvalue weighted by atomic mass is 32.1. The first kappa shape index (κ1) is 16.2. The first-order valence-corrected chi connectivity index (χ1v) is 8.96. The molecule has 1 fully saturated rings. The molecule has 3 rings (SSSR count). The highest BCUT2D eigenvalue weighted by Gasteiger charge is 2.23. The van der Waals surface area contributed by atoms with Crippen molar-refractivity contribution in [1.29, 1.82) is 0 Å². The molecule has 1 aliphatic rings. The molecule has 5 nitrogen and oxygen atoms in total. The highest BCUT2D eigenvalue weighted by Crippen LogP contribution is 2.27. The molecule has 0 bridgehead atoms. The summed E-state index contributed by atoms with van der Waals surface area (Å²) in [5, 5.41) is 15.6. The number of aromatic nitrogens is 1. The van der Waals surface area contributed by atoms with Crippen molar-refractivity contribution in [1.82, 2.24) is 10.3 Å². The van der Waals surface area contributed by atoms with Crippen molar-refractivity contribution in [3.05, 3.63) is 29.0 Å². The van der Waals surface area contributed by atoms with Crippen LogP contribution < -0.4 is 5.32 Å². The maximum atomic E-state index is 12.0. The lowest BCUT2D eigenvalue weighted by Gasteiger charge is -2.17. The Morgan fingerprint density at radius 3 is 2.96 bits per heavy atom. The molecule has 2 aromatic rings. The Bertz CT molecular complexity index is 658. The minimum Gasteiger partial charge on any atom is -0.459 e. The molecule has 23 heavy (non-hydrogen) atoms. The maximum Gasteiger partial charge on any atom is 0.226 e. The average Bonchev–Trinajstić information content (AvgIpc) is 3.25. The van der Waals surface area contributed by atoms with Crippen LogP contribution in [0, 0.1) is 12.8 Å². The number of hydrogen-bond acceptors (Lipinski definition) is 5. The summed E-state index contributed by atoms with van der Waals surface area (Å²) >= 11 is 1.47. The second-order valence-corrected chi connectivity index (χ2v) is 7.01. The largest absolute Gasteiger partial charge is 0.459 e. The lowest BCUT2D eigenvalue weighted by Crippen LogP contribution is -2.36. The summed E-state index contributed by atoms with van der Waals surface area (Å²) in [4.78, 5) is 16.4. The molecular weight excluding hydrogens is 312 g/mol. The third kappa shape index (κ3) is 4.20. The van der Waals surface area contributed by atoms with Crippen molar-refractivity contribution < 1.29 is 14.3 Å². The van der Waals surface area contributed by atoms with Crippen molar-refractivity contribution in [3.63, 3.8) is 0 Å². The molecule has 0 aromatic carbocycles. The topological polar surface area (TPSA) is 75.4 Å². The van der Waals surface area contributed by atoms with Crippen LogP contribution in [-0.4, -0.2) is 28.6 Å². The number of hydrogen-bond donors (Lipinski definition) is 2. The van der Waals surface area contributed by atoms with Gasteiger partial charge in [0.05, 0.1) is 18.2 Å². The van der Waals surface area contributed by atoms with E-state index in [0.29, 0.717) is 12.5 Å². The third-order valence-corrected chi connectivity index (χ3v) is 5.20. The zero-order valence-electron chi connectivity index (χ0n) is 13.2. The minimum absolute atomic E-state index is 0.102. The van der Waals surface area contributed by atoms with Crippen molar-refractivity contribution in [2.45, 2.75) is 45.1 Å². The number of aliphatic hydroxyl groups is 1. The molecule has 6 heteroatoms. The summed E-state index contributed by atoms with van der Waals surface area (Å²) in [6.07, 6.45) is 4.30. The van der Waals surface area contributed by atoms with Crippen LogP contribution in [0.2, 0.25) is 0 Å². The maximum absolute atomic E-state index is 12.0. The number of amides is 1. The van der Waals surface area contributed by atoms with Gasteiger partial charge in [-0.2, -0.15) is 0 Å². The van der Waals surface area contributed by atoms with Gasteiger partial charge in [-0.25, -0.2) is 4.98 Å². The number of carbonyl (C=O) groups is 1. The Hall–Kier alpha value is -1.66. The lowest BCUT2D eigenvalue weighted by molar-refractivity contribution is -0.121. The fourth-order valence-electron chi connectivity index (χ4n) is 3.01. The predicted octanol–water partition coefficient (Wildman–Crippen LogP) is 2.92. The summed E-state index contributed by atoms with van der Waals surface area (Å²) in [5.74, 6) is 1.81. The van der Waals surface area contributed by atoms with Gasteiger partial charge < -0.3 is 14.8 Å². The molecule has 124 valence electrons. The van der Waals surface area contributed by atoms with E-state index in [-0.39, 0.29) is 12.3 Å². The molecule has 0 aliphatic heterocycles. The number of furan rings is 1. The Kier molecular flexibility index (Phi) is 5.13. The van der Waals surface area contributed by atoms with Gasteiger partial charge in [0.15, 0.2) is 10.8 Å². The molecule has 2 heterocycles. The van der Waals surface area contributed by atoms with Gasteiger partial charge in [0.1, 0.15) is 5.76 Å². The fraction of sp³-hybridized carbons (Fsp3) is 0.529. The summed E-state index contributed by atoms with van der Waals surface area (Å²) in [6, 6.07) is 3.78. The van der Waals surface area contributed by atoms with Gasteiger partial charge in [-0.05, 0) is 37.8 Å². The standard InChI is InChI=1S/C17H22N2O3S/c1-11-6-7-15(22-11)17-19-13(10-23-17)8-16(21)18-9-14(20)12-4-2-3-5-12/h6-7,10,12,14,20H,2-5,8-9H2,1H3,(H,18,21). The second-order valence-electron chi connectivity index (χ2n) is 6.15. The first-order chi connectivity index (χ1) is 11.1. The van der Waals surface area contributed by atoms with E-state index in [1.165, 1.54) is 24.2 Å². The zero-order valence-corrected chi connectivity index (χ0v) is 14.1. The number of nitrogens with zero attached hydrogens (tertiary/aromatic N) is 1. The normalized spacial score (nSPS) is 16.6. The number of rotatable bonds is 6. The summed E-state index contributed by atoms with van der Waals surface area (Å²) in [7, 11) is 0. The van der Waals surface area contributed by atoms with Crippen molar-refractivity contribution in [3.8, 4) is 10.8 Å². The second kappa shape index (κ2) is 7.27. The molecule has 1 aliphatic carbocycles. The smallest absolute Gasteiger partial charge is 0.226 e. The van der Waals surface area contributed by atoms with Crippen LogP contribution >= 0.6 is 11.3 Å². The molecule has 0 saturated heterocycles. The number of aryl methyl sites for hydroxylation is 1. The lowest BCUT2D eigenvalue weighted by atomic mass is 10.0. The van der Waals surface area contributed by atoms with Crippen LogP contribution in [0.5, 0.6) is 0 Å². The Balaban J connectivity index is 1.49. The van der Waals surface area contributed by atoms with Gasteiger partial charge in [-0.3, -0.25) is 4.79 Å². The number of carbonyl (C=O) groups excluding carboxylic acids is 1. The quantitative estimate of drug-likeness (QED) is 0.852. The van der Waals surface area contributed by atoms with Gasteiger partial charge in [0.25, 0.3) is 0 Å². The fourth-order valence-corrected chi connectivity index (χ4v) is 3.78. The summed E-state index contributed by atoms with van der Waals surface area (Å²) in [6.45, 7) is 2.22. The van der Waals surface area contributed by atoms with Crippen molar-refractivity contribution in [2.75, 3.05) is 6.54 Å². The Labute approximate surface area is 139 Å².